The maximum atomic E-state index is 11.4. The van der Waals surface area contributed by atoms with Crippen LogP contribution in [0.25, 0.3) is 0 Å². The molecule has 9 heteroatoms. The molecule has 1 fully saturated rings. The number of nitrogen functional groups attached to an aromatic ring is 1. The summed E-state index contributed by atoms with van der Waals surface area (Å²) >= 11 is 0. The molecule has 0 aromatic carbocycles. The van der Waals surface area contributed by atoms with E-state index in [-0.39, 0.29) is 11.8 Å². The highest BCUT2D eigenvalue weighted by atomic mass is 32.2. The molecule has 1 aliphatic carbocycles. The van der Waals surface area contributed by atoms with Gasteiger partial charge in [-0.2, -0.15) is 4.98 Å². The summed E-state index contributed by atoms with van der Waals surface area (Å²) in [5.74, 6) is -1.16. The summed E-state index contributed by atoms with van der Waals surface area (Å²) in [6.45, 7) is 0. The highest BCUT2D eigenvalue weighted by molar-refractivity contribution is 7.91. The fraction of sp³-hybridized carbons (Fsp3) is 0.500. The number of hydrogen-bond acceptors (Lipinski definition) is 6. The predicted octanol–water partition coefficient (Wildman–Crippen LogP) is -1.39. The molecule has 2 rings (SSSR count). The molecule has 4 N–H and O–H groups in total. The van der Waals surface area contributed by atoms with Gasteiger partial charge in [-0.15, -0.1) is 5.10 Å². The lowest BCUT2D eigenvalue weighted by Crippen LogP contribution is -2.33. The van der Waals surface area contributed by atoms with E-state index in [1.54, 1.807) is 0 Å². The molecule has 8 nitrogen and oxygen atoms in total. The van der Waals surface area contributed by atoms with Gasteiger partial charge >= 0.3 is 5.91 Å². The fourth-order valence-electron chi connectivity index (χ4n) is 1.02. The second kappa shape index (κ2) is 3.19. The molecule has 0 aliphatic heterocycles. The normalized spacial score (nSPS) is 16.3. The van der Waals surface area contributed by atoms with Crippen LogP contribution in [0.3, 0.4) is 0 Å². The molecule has 1 aromatic rings. The summed E-state index contributed by atoms with van der Waals surface area (Å²) < 4.78 is 24.6. The number of aromatic nitrogens is 3. The minimum atomic E-state index is -3.55. The van der Waals surface area contributed by atoms with E-state index in [9.17, 15) is 13.2 Å². The van der Waals surface area contributed by atoms with Gasteiger partial charge in [0.1, 0.15) is 0 Å². The van der Waals surface area contributed by atoms with Gasteiger partial charge in [0.2, 0.25) is 21.8 Å². The smallest absolute Gasteiger partial charge is 0.302 e. The molecule has 82 valence electrons. The number of carbonyl (C=O) groups is 1. The Balaban J connectivity index is 2.10. The van der Waals surface area contributed by atoms with Crippen molar-refractivity contribution in [2.45, 2.75) is 18.1 Å². The van der Waals surface area contributed by atoms with Crippen molar-refractivity contribution in [2.75, 3.05) is 5.73 Å². The van der Waals surface area contributed by atoms with Gasteiger partial charge in [0.25, 0.3) is 0 Å². The van der Waals surface area contributed by atoms with Crippen LogP contribution in [0.2, 0.25) is 0 Å². The second-order valence-corrected chi connectivity index (χ2v) is 5.18. The number of anilines is 1. The van der Waals surface area contributed by atoms with Crippen LogP contribution < -0.4 is 10.5 Å². The lowest BCUT2D eigenvalue weighted by Gasteiger charge is -2.01. The first kappa shape index (κ1) is 9.90. The molecule has 0 radical (unpaired) electrons. The van der Waals surface area contributed by atoms with Crippen LogP contribution in [-0.2, 0) is 10.0 Å². The van der Waals surface area contributed by atoms with Crippen LogP contribution in [0.4, 0.5) is 5.95 Å². The monoisotopic (exact) mass is 231 g/mol. The van der Waals surface area contributed by atoms with Gasteiger partial charge in [-0.1, -0.05) is 0 Å². The molecule has 1 aromatic heterocycles. The maximum Gasteiger partial charge on any atom is 0.302 e. The SMILES string of the molecule is Nc1n[nH]c(C(=O)NS(=O)(=O)C2CC2)n1. The van der Waals surface area contributed by atoms with Gasteiger partial charge in [0.15, 0.2) is 0 Å². The molecule has 1 saturated carbocycles. The number of aromatic amines is 1. The Morgan fingerprint density at radius 1 is 1.53 bits per heavy atom. The molecule has 1 heterocycles. The zero-order chi connectivity index (χ0) is 11.1. The average molecular weight is 231 g/mol. The van der Waals surface area contributed by atoms with Crippen LogP contribution in [0, 0.1) is 0 Å². The summed E-state index contributed by atoms with van der Waals surface area (Å²) in [7, 11) is -3.55. The molecule has 1 amide bonds. The molecule has 0 unspecified atom stereocenters. The van der Waals surface area contributed by atoms with Crippen molar-refractivity contribution < 1.29 is 13.2 Å². The van der Waals surface area contributed by atoms with Gasteiger partial charge < -0.3 is 5.73 Å². The first-order chi connectivity index (χ1) is 6.99. The summed E-state index contributed by atoms with van der Waals surface area (Å²) in [5.41, 5.74) is 5.17. The van der Waals surface area contributed by atoms with Crippen molar-refractivity contribution >= 4 is 21.9 Å². The van der Waals surface area contributed by atoms with Crippen molar-refractivity contribution in [3.8, 4) is 0 Å². The van der Waals surface area contributed by atoms with E-state index in [1.165, 1.54) is 0 Å². The number of nitrogens with one attached hydrogen (secondary N) is 2. The topological polar surface area (TPSA) is 131 Å². The van der Waals surface area contributed by atoms with Crippen LogP contribution in [0.1, 0.15) is 23.5 Å². The standard InChI is InChI=1S/C6H9N5O3S/c7-6-8-4(9-10-6)5(12)11-15(13,14)3-1-2-3/h3H,1-2H2,(H,11,12)(H3,7,8,9,10). The third-order valence-corrected chi connectivity index (χ3v) is 3.73. The van der Waals surface area contributed by atoms with E-state index in [0.717, 1.165) is 0 Å². The lowest BCUT2D eigenvalue weighted by atomic mass is 10.6. The minimum Gasteiger partial charge on any atom is -0.366 e. The van der Waals surface area contributed by atoms with E-state index >= 15 is 0 Å². The molecular weight excluding hydrogens is 222 g/mol. The number of amides is 1. The minimum absolute atomic E-state index is 0.107. The summed E-state index contributed by atoms with van der Waals surface area (Å²) in [5, 5.41) is 5.18. The maximum absolute atomic E-state index is 11.4. The summed E-state index contributed by atoms with van der Waals surface area (Å²) in [6.07, 6.45) is 1.17. The zero-order valence-electron chi connectivity index (χ0n) is 7.60. The van der Waals surface area contributed by atoms with Crippen molar-refractivity contribution in [2.24, 2.45) is 0 Å². The van der Waals surface area contributed by atoms with Crippen LogP contribution in [-0.4, -0.2) is 34.8 Å². The van der Waals surface area contributed by atoms with Gasteiger partial charge in [0.05, 0.1) is 5.25 Å². The fourth-order valence-corrected chi connectivity index (χ4v) is 2.29. The highest BCUT2D eigenvalue weighted by Crippen LogP contribution is 2.27. The number of sulfonamides is 1. The van der Waals surface area contributed by atoms with E-state index < -0.39 is 21.2 Å². The first-order valence-electron chi connectivity index (χ1n) is 4.23. The van der Waals surface area contributed by atoms with E-state index in [2.05, 4.69) is 15.2 Å². The zero-order valence-corrected chi connectivity index (χ0v) is 8.41. The molecule has 0 atom stereocenters. The molecule has 0 saturated heterocycles. The van der Waals surface area contributed by atoms with Crippen LogP contribution in [0.5, 0.6) is 0 Å². The quantitative estimate of drug-likeness (QED) is 0.587. The van der Waals surface area contributed by atoms with Gasteiger partial charge in [-0.05, 0) is 12.8 Å². The highest BCUT2D eigenvalue weighted by Gasteiger charge is 2.37. The van der Waals surface area contributed by atoms with Gasteiger partial charge in [0, 0.05) is 0 Å². The Bertz CT molecular complexity index is 489. The number of carbonyl (C=O) groups excluding carboxylic acids is 1. The molecule has 0 bridgehead atoms. The average Bonchev–Trinajstić information content (AvgIpc) is 2.89. The third-order valence-electron chi connectivity index (χ3n) is 1.92. The molecule has 15 heavy (non-hydrogen) atoms. The van der Waals surface area contributed by atoms with Crippen LogP contribution in [0.15, 0.2) is 0 Å². The Labute approximate surface area is 85.3 Å². The number of hydrogen-bond donors (Lipinski definition) is 3. The summed E-state index contributed by atoms with van der Waals surface area (Å²) in [4.78, 5) is 14.8. The van der Waals surface area contributed by atoms with Crippen molar-refractivity contribution in [3.63, 3.8) is 0 Å². The van der Waals surface area contributed by atoms with E-state index in [4.69, 9.17) is 5.73 Å². The number of rotatable bonds is 3. The number of nitrogens with two attached hydrogens (primary N) is 1. The first-order valence-corrected chi connectivity index (χ1v) is 5.77. The van der Waals surface area contributed by atoms with E-state index in [1.807, 2.05) is 4.72 Å². The van der Waals surface area contributed by atoms with Gasteiger partial charge in [-0.3, -0.25) is 9.89 Å². The second-order valence-electron chi connectivity index (χ2n) is 3.22. The Morgan fingerprint density at radius 3 is 2.67 bits per heavy atom. The molecule has 1 aliphatic rings. The summed E-state index contributed by atoms with van der Waals surface area (Å²) in [6, 6.07) is 0. The number of nitrogens with zero attached hydrogens (tertiary/aromatic N) is 2. The van der Waals surface area contributed by atoms with E-state index in [0.29, 0.717) is 12.8 Å². The lowest BCUT2D eigenvalue weighted by molar-refractivity contribution is 0.0971. The Kier molecular flexibility index (Phi) is 2.11. The largest absolute Gasteiger partial charge is 0.366 e. The Morgan fingerprint density at radius 2 is 2.20 bits per heavy atom. The predicted molar refractivity (Wildman–Crippen MR) is 50.2 cm³/mol. The molecule has 0 spiro atoms. The Hall–Kier alpha value is -1.64. The van der Waals surface area contributed by atoms with Crippen molar-refractivity contribution in [1.29, 1.82) is 0 Å². The van der Waals surface area contributed by atoms with Crippen molar-refractivity contribution in [3.05, 3.63) is 5.82 Å². The van der Waals surface area contributed by atoms with Crippen molar-refractivity contribution in [1.82, 2.24) is 19.9 Å². The van der Waals surface area contributed by atoms with Gasteiger partial charge in [-0.25, -0.2) is 13.1 Å². The van der Waals surface area contributed by atoms with Crippen LogP contribution >= 0.6 is 0 Å². The number of H-pyrrole nitrogens is 1. The molecular formula is C6H9N5O3S. The third kappa shape index (κ3) is 2.06.